The number of aromatic nitrogens is 3. The van der Waals surface area contributed by atoms with Gasteiger partial charge in [0.05, 0.1) is 18.8 Å². The van der Waals surface area contributed by atoms with Gasteiger partial charge in [0.15, 0.2) is 5.65 Å². The number of nitrogens with zero attached hydrogens (tertiary/aromatic N) is 3. The maximum atomic E-state index is 13.5. The molecule has 0 spiro atoms. The SMILES string of the molecule is O=C(N[C@H]1CCOc2ccccc21)c1cnn2c(C(F)F)cc(C3CC3)nc12. The van der Waals surface area contributed by atoms with Crippen LogP contribution in [-0.4, -0.2) is 27.1 Å². The molecule has 28 heavy (non-hydrogen) atoms. The molecule has 1 N–H and O–H groups in total. The van der Waals surface area contributed by atoms with Gasteiger partial charge in [0.1, 0.15) is 17.0 Å². The van der Waals surface area contributed by atoms with Crippen molar-refractivity contribution in [3.63, 3.8) is 0 Å². The Labute approximate surface area is 159 Å². The first-order chi connectivity index (χ1) is 13.6. The van der Waals surface area contributed by atoms with Gasteiger partial charge >= 0.3 is 0 Å². The van der Waals surface area contributed by atoms with E-state index in [1.54, 1.807) is 0 Å². The third-order valence-electron chi connectivity index (χ3n) is 5.25. The Morgan fingerprint density at radius 3 is 2.86 bits per heavy atom. The summed E-state index contributed by atoms with van der Waals surface area (Å²) < 4.78 is 33.7. The number of carbonyl (C=O) groups excluding carboxylic acids is 1. The van der Waals surface area contributed by atoms with Crippen LogP contribution in [0.15, 0.2) is 36.5 Å². The fourth-order valence-corrected chi connectivity index (χ4v) is 3.64. The zero-order valence-corrected chi connectivity index (χ0v) is 14.9. The van der Waals surface area contributed by atoms with Gasteiger partial charge in [0.2, 0.25) is 0 Å². The van der Waals surface area contributed by atoms with E-state index in [1.165, 1.54) is 12.3 Å². The molecule has 1 aliphatic heterocycles. The van der Waals surface area contributed by atoms with Crippen molar-refractivity contribution in [2.45, 2.75) is 37.6 Å². The van der Waals surface area contributed by atoms with E-state index in [4.69, 9.17) is 4.74 Å². The minimum atomic E-state index is -2.69. The topological polar surface area (TPSA) is 68.5 Å². The zero-order chi connectivity index (χ0) is 19.3. The molecule has 3 heterocycles. The first-order valence-electron chi connectivity index (χ1n) is 9.31. The van der Waals surface area contributed by atoms with Crippen molar-refractivity contribution in [2.24, 2.45) is 0 Å². The van der Waals surface area contributed by atoms with E-state index in [1.807, 2.05) is 24.3 Å². The molecule has 1 aliphatic carbocycles. The number of hydrogen-bond donors (Lipinski definition) is 1. The number of para-hydroxylation sites is 1. The largest absolute Gasteiger partial charge is 0.493 e. The molecule has 0 saturated heterocycles. The van der Waals surface area contributed by atoms with Crippen LogP contribution in [0.3, 0.4) is 0 Å². The van der Waals surface area contributed by atoms with Crippen molar-refractivity contribution in [3.8, 4) is 5.75 Å². The monoisotopic (exact) mass is 384 g/mol. The Kier molecular flexibility index (Phi) is 3.99. The number of nitrogens with one attached hydrogen (secondary N) is 1. The molecule has 2 aromatic heterocycles. The fraction of sp³-hybridized carbons (Fsp3) is 0.350. The molecular weight excluding hydrogens is 366 g/mol. The number of alkyl halides is 2. The van der Waals surface area contributed by atoms with Gasteiger partial charge in [-0.2, -0.15) is 5.10 Å². The van der Waals surface area contributed by atoms with Gasteiger partial charge in [-0.25, -0.2) is 18.3 Å². The summed E-state index contributed by atoms with van der Waals surface area (Å²) in [7, 11) is 0. The smallest absolute Gasteiger partial charge is 0.280 e. The van der Waals surface area contributed by atoms with Crippen molar-refractivity contribution >= 4 is 11.6 Å². The molecule has 144 valence electrons. The third-order valence-corrected chi connectivity index (χ3v) is 5.25. The van der Waals surface area contributed by atoms with Gasteiger partial charge in [-0.05, 0) is 25.0 Å². The summed E-state index contributed by atoms with van der Waals surface area (Å²) in [5.74, 6) is 0.557. The van der Waals surface area contributed by atoms with E-state index in [0.717, 1.165) is 28.7 Å². The van der Waals surface area contributed by atoms with Gasteiger partial charge in [-0.1, -0.05) is 18.2 Å². The van der Waals surface area contributed by atoms with Crippen molar-refractivity contribution in [1.29, 1.82) is 0 Å². The van der Waals surface area contributed by atoms with Gasteiger partial charge in [0.25, 0.3) is 12.3 Å². The molecule has 3 aromatic rings. The van der Waals surface area contributed by atoms with Gasteiger partial charge in [-0.15, -0.1) is 0 Å². The van der Waals surface area contributed by atoms with Gasteiger partial charge in [-0.3, -0.25) is 4.79 Å². The quantitative estimate of drug-likeness (QED) is 0.743. The van der Waals surface area contributed by atoms with Crippen molar-refractivity contribution in [2.75, 3.05) is 6.61 Å². The summed E-state index contributed by atoms with van der Waals surface area (Å²) in [4.78, 5) is 17.4. The summed E-state index contributed by atoms with van der Waals surface area (Å²) in [6.07, 6.45) is 1.11. The van der Waals surface area contributed by atoms with Crippen LogP contribution in [0.2, 0.25) is 0 Å². The minimum absolute atomic E-state index is 0.178. The molecule has 0 unspecified atom stereocenters. The van der Waals surface area contributed by atoms with Crippen LogP contribution in [0, 0.1) is 0 Å². The van der Waals surface area contributed by atoms with Crippen LogP contribution in [0.25, 0.3) is 5.65 Å². The third kappa shape index (κ3) is 2.89. The van der Waals surface area contributed by atoms with E-state index >= 15 is 0 Å². The predicted molar refractivity (Wildman–Crippen MR) is 96.7 cm³/mol. The van der Waals surface area contributed by atoms with Crippen molar-refractivity contribution < 1.29 is 18.3 Å². The predicted octanol–water partition coefficient (Wildman–Crippen LogP) is 3.80. The number of ether oxygens (including phenoxy) is 1. The highest BCUT2D eigenvalue weighted by molar-refractivity contribution is 6.00. The molecule has 1 saturated carbocycles. The Morgan fingerprint density at radius 1 is 1.25 bits per heavy atom. The number of amides is 1. The van der Waals surface area contributed by atoms with Crippen LogP contribution in [0.1, 0.15) is 65.0 Å². The summed E-state index contributed by atoms with van der Waals surface area (Å²) in [6, 6.07) is 8.73. The highest BCUT2D eigenvalue weighted by Gasteiger charge is 2.30. The molecule has 1 aromatic carbocycles. The molecule has 0 radical (unpaired) electrons. The molecule has 6 nitrogen and oxygen atoms in total. The second-order valence-electron chi connectivity index (χ2n) is 7.18. The normalized spacial score (nSPS) is 18.8. The minimum Gasteiger partial charge on any atom is -0.493 e. The highest BCUT2D eigenvalue weighted by Crippen LogP contribution is 2.40. The number of carbonyl (C=O) groups is 1. The molecule has 2 aliphatic rings. The maximum absolute atomic E-state index is 13.5. The number of rotatable bonds is 4. The molecular formula is C20H18F2N4O2. The number of hydrogen-bond acceptors (Lipinski definition) is 4. The van der Waals surface area contributed by atoms with E-state index in [2.05, 4.69) is 15.4 Å². The van der Waals surface area contributed by atoms with Crippen LogP contribution in [0.4, 0.5) is 8.78 Å². The average molecular weight is 384 g/mol. The number of benzene rings is 1. The van der Waals surface area contributed by atoms with Crippen molar-refractivity contribution in [1.82, 2.24) is 19.9 Å². The summed E-state index contributed by atoms with van der Waals surface area (Å²) in [5, 5.41) is 6.99. The van der Waals surface area contributed by atoms with E-state index in [0.29, 0.717) is 18.7 Å². The lowest BCUT2D eigenvalue weighted by Crippen LogP contribution is -2.32. The van der Waals surface area contributed by atoms with Crippen LogP contribution in [0.5, 0.6) is 5.75 Å². The van der Waals surface area contributed by atoms with E-state index in [9.17, 15) is 13.6 Å². The fourth-order valence-electron chi connectivity index (χ4n) is 3.64. The molecule has 5 rings (SSSR count). The standard InChI is InChI=1S/C20H18F2N4O2/c21-18(22)16-9-15(11-5-6-11)24-19-13(10-23-26(16)19)20(27)25-14-7-8-28-17-4-2-1-3-12(14)17/h1-4,9-11,14,18H,5-8H2,(H,25,27)/t14-/m0/s1. The number of halogens is 2. The average Bonchev–Trinajstić information content (AvgIpc) is 3.46. The Hall–Kier alpha value is -3.03. The lowest BCUT2D eigenvalue weighted by molar-refractivity contribution is 0.0926. The Balaban J connectivity index is 1.50. The van der Waals surface area contributed by atoms with Crippen LogP contribution >= 0.6 is 0 Å². The maximum Gasteiger partial charge on any atom is 0.280 e. The zero-order valence-electron chi connectivity index (χ0n) is 14.9. The van der Waals surface area contributed by atoms with E-state index < -0.39 is 6.43 Å². The molecule has 1 atom stereocenters. The second-order valence-corrected chi connectivity index (χ2v) is 7.18. The van der Waals surface area contributed by atoms with Crippen LogP contribution < -0.4 is 10.1 Å². The van der Waals surface area contributed by atoms with Crippen LogP contribution in [-0.2, 0) is 0 Å². The summed E-state index contributed by atoms with van der Waals surface area (Å²) in [5.41, 5.74) is 1.65. The number of fused-ring (bicyclic) bond motifs is 2. The summed E-state index contributed by atoms with van der Waals surface area (Å²) in [6.45, 7) is 0.496. The lowest BCUT2D eigenvalue weighted by Gasteiger charge is -2.26. The first-order valence-corrected chi connectivity index (χ1v) is 9.31. The Morgan fingerprint density at radius 2 is 2.07 bits per heavy atom. The van der Waals surface area contributed by atoms with E-state index in [-0.39, 0.29) is 34.8 Å². The highest BCUT2D eigenvalue weighted by atomic mass is 19.3. The van der Waals surface area contributed by atoms with Crippen molar-refractivity contribution in [3.05, 3.63) is 59.0 Å². The first kappa shape index (κ1) is 17.1. The molecule has 0 bridgehead atoms. The molecule has 1 fully saturated rings. The van der Waals surface area contributed by atoms with Gasteiger partial charge in [0, 0.05) is 23.6 Å². The van der Waals surface area contributed by atoms with Gasteiger partial charge < -0.3 is 10.1 Å². The second kappa shape index (κ2) is 6.54. The molecule has 1 amide bonds. The summed E-state index contributed by atoms with van der Waals surface area (Å²) >= 11 is 0. The molecule has 8 heteroatoms. The Bertz CT molecular complexity index is 1060. The lowest BCUT2D eigenvalue weighted by atomic mass is 10.0.